The zero-order valence-electron chi connectivity index (χ0n) is 16.4. The van der Waals surface area contributed by atoms with Crippen LogP contribution in [0.4, 0.5) is 4.39 Å². The Morgan fingerprint density at radius 3 is 2.52 bits per heavy atom. The topological polar surface area (TPSA) is 62.7 Å². The van der Waals surface area contributed by atoms with E-state index >= 15 is 0 Å². The average Bonchev–Trinajstić information content (AvgIpc) is 3.38. The molecule has 0 aliphatic carbocycles. The number of aryl methyl sites for hydroxylation is 1. The molecular weight excluding hydrogens is 393 g/mol. The highest BCUT2D eigenvalue weighted by Gasteiger charge is 2.31. The van der Waals surface area contributed by atoms with E-state index in [0.29, 0.717) is 32.8 Å². The number of rotatable bonds is 4. The van der Waals surface area contributed by atoms with Gasteiger partial charge in [0.1, 0.15) is 11.9 Å². The third kappa shape index (κ3) is 4.48. The van der Waals surface area contributed by atoms with Gasteiger partial charge in [-0.25, -0.2) is 9.37 Å². The van der Waals surface area contributed by atoms with Crippen LogP contribution >= 0.6 is 11.3 Å². The van der Waals surface area contributed by atoms with E-state index in [-0.39, 0.29) is 30.2 Å². The highest BCUT2D eigenvalue weighted by atomic mass is 32.1. The maximum Gasteiger partial charge on any atom is 0.251 e. The minimum Gasteiger partial charge on any atom is -0.368 e. The summed E-state index contributed by atoms with van der Waals surface area (Å²) in [4.78, 5) is 34.4. The summed E-state index contributed by atoms with van der Waals surface area (Å²) in [6.07, 6.45) is 1.67. The number of benzene rings is 1. The molecule has 2 aliphatic rings. The molecule has 2 saturated heterocycles. The molecule has 2 aromatic rings. The largest absolute Gasteiger partial charge is 0.368 e. The zero-order chi connectivity index (χ0) is 20.4. The van der Waals surface area contributed by atoms with Gasteiger partial charge in [0.15, 0.2) is 0 Å². The summed E-state index contributed by atoms with van der Waals surface area (Å²) in [7, 11) is 0. The first-order valence-electron chi connectivity index (χ1n) is 9.91. The van der Waals surface area contributed by atoms with Gasteiger partial charge in [-0.1, -0.05) is 0 Å². The standard InChI is InChI=1S/C21H24FN3O3S/c1-14-23-20(15-4-6-16(22)7-5-15)18(29-14)13-19(26)24-8-10-25(11-9-24)21(27)17-3-2-12-28-17/h4-7,17H,2-3,8-13H2,1H3/t17-/m1/s1. The SMILES string of the molecule is Cc1nc(-c2ccc(F)cc2)c(CC(=O)N2CCN(C(=O)[C@H]3CCCO3)CC2)s1. The molecule has 0 spiro atoms. The number of aromatic nitrogens is 1. The summed E-state index contributed by atoms with van der Waals surface area (Å²) < 4.78 is 18.7. The number of amides is 2. The van der Waals surface area contributed by atoms with E-state index < -0.39 is 0 Å². The van der Waals surface area contributed by atoms with Crippen LogP contribution in [0.2, 0.25) is 0 Å². The van der Waals surface area contributed by atoms with Gasteiger partial charge in [-0.15, -0.1) is 11.3 Å². The number of ether oxygens (including phenoxy) is 1. The lowest BCUT2D eigenvalue weighted by molar-refractivity contribution is -0.145. The number of halogens is 1. The smallest absolute Gasteiger partial charge is 0.251 e. The molecule has 0 radical (unpaired) electrons. The van der Waals surface area contributed by atoms with Crippen LogP contribution in [-0.4, -0.2) is 65.5 Å². The molecule has 0 saturated carbocycles. The van der Waals surface area contributed by atoms with Crippen molar-refractivity contribution in [2.45, 2.75) is 32.3 Å². The fourth-order valence-electron chi connectivity index (χ4n) is 3.82. The second-order valence-corrected chi connectivity index (χ2v) is 8.68. The van der Waals surface area contributed by atoms with E-state index in [9.17, 15) is 14.0 Å². The Morgan fingerprint density at radius 1 is 1.17 bits per heavy atom. The Balaban J connectivity index is 1.38. The van der Waals surface area contributed by atoms with Crippen molar-refractivity contribution in [1.29, 1.82) is 0 Å². The van der Waals surface area contributed by atoms with Crippen LogP contribution < -0.4 is 0 Å². The molecule has 154 valence electrons. The molecule has 8 heteroatoms. The lowest BCUT2D eigenvalue weighted by atomic mass is 10.1. The molecule has 4 rings (SSSR count). The second-order valence-electron chi connectivity index (χ2n) is 7.40. The fraction of sp³-hybridized carbons (Fsp3) is 0.476. The molecule has 0 unspecified atom stereocenters. The van der Waals surface area contributed by atoms with Gasteiger partial charge >= 0.3 is 0 Å². The summed E-state index contributed by atoms with van der Waals surface area (Å²) in [6.45, 7) is 4.69. The van der Waals surface area contributed by atoms with Crippen LogP contribution in [0, 0.1) is 12.7 Å². The van der Waals surface area contributed by atoms with Crippen molar-refractivity contribution in [3.8, 4) is 11.3 Å². The molecule has 6 nitrogen and oxygen atoms in total. The van der Waals surface area contributed by atoms with Gasteiger partial charge in [0.05, 0.1) is 17.1 Å². The molecule has 2 aliphatic heterocycles. The highest BCUT2D eigenvalue weighted by Crippen LogP contribution is 2.29. The quantitative estimate of drug-likeness (QED) is 0.767. The molecular formula is C21H24FN3O3S. The summed E-state index contributed by atoms with van der Waals surface area (Å²) in [6, 6.07) is 6.18. The third-order valence-corrected chi connectivity index (χ3v) is 6.35. The van der Waals surface area contributed by atoms with Crippen molar-refractivity contribution in [3.63, 3.8) is 0 Å². The molecule has 3 heterocycles. The van der Waals surface area contributed by atoms with Gasteiger partial charge in [-0.2, -0.15) is 0 Å². The van der Waals surface area contributed by atoms with Crippen molar-refractivity contribution in [2.24, 2.45) is 0 Å². The third-order valence-electron chi connectivity index (χ3n) is 5.38. The molecule has 2 amide bonds. The molecule has 29 heavy (non-hydrogen) atoms. The maximum atomic E-state index is 13.2. The van der Waals surface area contributed by atoms with Crippen molar-refractivity contribution < 1.29 is 18.7 Å². The normalized spacial score (nSPS) is 19.6. The lowest BCUT2D eigenvalue weighted by Crippen LogP contribution is -2.53. The number of thiazole rings is 1. The first kappa shape index (κ1) is 20.0. The average molecular weight is 418 g/mol. The van der Waals surface area contributed by atoms with Gasteiger partial charge < -0.3 is 14.5 Å². The van der Waals surface area contributed by atoms with Crippen LogP contribution in [0.15, 0.2) is 24.3 Å². The summed E-state index contributed by atoms with van der Waals surface area (Å²) in [5.41, 5.74) is 1.55. The Labute approximate surface area is 173 Å². The predicted octanol–water partition coefficient (Wildman–Crippen LogP) is 2.65. The van der Waals surface area contributed by atoms with E-state index in [0.717, 1.165) is 34.0 Å². The van der Waals surface area contributed by atoms with Crippen molar-refractivity contribution >= 4 is 23.2 Å². The molecule has 1 atom stereocenters. The number of carbonyl (C=O) groups excluding carboxylic acids is 2. The van der Waals surface area contributed by atoms with E-state index in [1.807, 2.05) is 11.8 Å². The van der Waals surface area contributed by atoms with Crippen molar-refractivity contribution in [1.82, 2.24) is 14.8 Å². The highest BCUT2D eigenvalue weighted by molar-refractivity contribution is 7.12. The fourth-order valence-corrected chi connectivity index (χ4v) is 4.77. The minimum atomic E-state index is -0.310. The van der Waals surface area contributed by atoms with Crippen LogP contribution in [-0.2, 0) is 20.7 Å². The lowest BCUT2D eigenvalue weighted by Gasteiger charge is -2.35. The molecule has 0 N–H and O–H groups in total. The monoisotopic (exact) mass is 417 g/mol. The number of piperazine rings is 1. The van der Waals surface area contributed by atoms with Crippen LogP contribution in [0.25, 0.3) is 11.3 Å². The zero-order valence-corrected chi connectivity index (χ0v) is 17.2. The predicted molar refractivity (Wildman–Crippen MR) is 108 cm³/mol. The number of hydrogen-bond donors (Lipinski definition) is 0. The van der Waals surface area contributed by atoms with Gasteiger partial charge in [-0.05, 0) is 44.0 Å². The van der Waals surface area contributed by atoms with E-state index in [2.05, 4.69) is 4.98 Å². The first-order valence-corrected chi connectivity index (χ1v) is 10.7. The Kier molecular flexibility index (Phi) is 5.91. The number of nitrogens with zero attached hydrogens (tertiary/aromatic N) is 3. The Morgan fingerprint density at radius 2 is 1.86 bits per heavy atom. The maximum absolute atomic E-state index is 13.2. The van der Waals surface area contributed by atoms with Crippen molar-refractivity contribution in [3.05, 3.63) is 40.0 Å². The first-order chi connectivity index (χ1) is 14.0. The van der Waals surface area contributed by atoms with Crippen molar-refractivity contribution in [2.75, 3.05) is 32.8 Å². The van der Waals surface area contributed by atoms with E-state index in [4.69, 9.17) is 4.74 Å². The Hall–Kier alpha value is -2.32. The second kappa shape index (κ2) is 8.59. The summed E-state index contributed by atoms with van der Waals surface area (Å²) >= 11 is 1.49. The van der Waals surface area contributed by atoms with Crippen LogP contribution in [0.1, 0.15) is 22.7 Å². The number of hydrogen-bond acceptors (Lipinski definition) is 5. The van der Waals surface area contributed by atoms with Crippen LogP contribution in [0.5, 0.6) is 0 Å². The molecule has 1 aromatic carbocycles. The minimum absolute atomic E-state index is 0.0289. The molecule has 0 bridgehead atoms. The number of carbonyl (C=O) groups is 2. The van der Waals surface area contributed by atoms with E-state index in [1.54, 1.807) is 17.0 Å². The summed E-state index contributed by atoms with van der Waals surface area (Å²) in [5, 5.41) is 0.874. The van der Waals surface area contributed by atoms with Gasteiger partial charge in [0.25, 0.3) is 5.91 Å². The Bertz CT molecular complexity index is 885. The van der Waals surface area contributed by atoms with Gasteiger partial charge in [0.2, 0.25) is 5.91 Å². The van der Waals surface area contributed by atoms with Gasteiger partial charge in [-0.3, -0.25) is 9.59 Å². The van der Waals surface area contributed by atoms with Crippen LogP contribution in [0.3, 0.4) is 0 Å². The molecule has 1 aromatic heterocycles. The summed E-state index contributed by atoms with van der Waals surface area (Å²) in [5.74, 6) is -0.221. The van der Waals surface area contributed by atoms with Gasteiger partial charge in [0, 0.05) is 43.2 Å². The van der Waals surface area contributed by atoms with E-state index in [1.165, 1.54) is 23.5 Å². The molecule has 2 fully saturated rings.